The Hall–Kier alpha value is -2.80. The number of nitrogens with zero attached hydrogens (tertiary/aromatic N) is 2. The van der Waals surface area contributed by atoms with Crippen molar-refractivity contribution < 1.29 is 19.0 Å². The number of carbonyl (C=O) groups is 1. The number of amides is 1. The average molecular weight is 371 g/mol. The van der Waals surface area contributed by atoms with Gasteiger partial charge in [0.1, 0.15) is 5.82 Å². The Bertz CT molecular complexity index is 758. The zero-order chi connectivity index (χ0) is 19.1. The van der Waals surface area contributed by atoms with Crippen LogP contribution in [-0.2, 0) is 16.1 Å². The first kappa shape index (κ1) is 19.0. The van der Waals surface area contributed by atoms with E-state index in [1.807, 2.05) is 31.2 Å². The van der Waals surface area contributed by atoms with E-state index in [2.05, 4.69) is 15.2 Å². The fourth-order valence-electron chi connectivity index (χ4n) is 2.79. The van der Waals surface area contributed by atoms with Crippen LogP contribution in [0.2, 0.25) is 0 Å². The molecule has 1 fully saturated rings. The Morgan fingerprint density at radius 3 is 2.74 bits per heavy atom. The van der Waals surface area contributed by atoms with Gasteiger partial charge in [-0.1, -0.05) is 12.1 Å². The summed E-state index contributed by atoms with van der Waals surface area (Å²) in [5.41, 5.74) is 2.00. The van der Waals surface area contributed by atoms with E-state index in [1.54, 1.807) is 19.4 Å². The molecule has 1 N–H and O–H groups in total. The van der Waals surface area contributed by atoms with Gasteiger partial charge >= 0.3 is 0 Å². The van der Waals surface area contributed by atoms with E-state index in [4.69, 9.17) is 14.2 Å². The molecule has 0 aliphatic carbocycles. The molecule has 1 aliphatic heterocycles. The number of morpholine rings is 1. The molecule has 144 valence electrons. The van der Waals surface area contributed by atoms with Gasteiger partial charge in [0.2, 0.25) is 0 Å². The van der Waals surface area contributed by atoms with Gasteiger partial charge in [0.15, 0.2) is 18.1 Å². The number of aryl methyl sites for hydroxylation is 1. The van der Waals surface area contributed by atoms with Crippen molar-refractivity contribution in [2.24, 2.45) is 0 Å². The second kappa shape index (κ2) is 9.23. The third kappa shape index (κ3) is 5.34. The molecule has 1 aromatic heterocycles. The summed E-state index contributed by atoms with van der Waals surface area (Å²) in [7, 11) is 1.58. The molecule has 0 atom stereocenters. The monoisotopic (exact) mass is 371 g/mol. The summed E-state index contributed by atoms with van der Waals surface area (Å²) in [6.07, 6.45) is 1.79. The first-order chi connectivity index (χ1) is 13.2. The van der Waals surface area contributed by atoms with E-state index >= 15 is 0 Å². The highest BCUT2D eigenvalue weighted by molar-refractivity contribution is 5.77. The summed E-state index contributed by atoms with van der Waals surface area (Å²) in [4.78, 5) is 18.7. The lowest BCUT2D eigenvalue weighted by atomic mass is 10.2. The number of nitrogens with one attached hydrogen (secondary N) is 1. The molecule has 7 nitrogen and oxygen atoms in total. The molecule has 0 radical (unpaired) electrons. The van der Waals surface area contributed by atoms with Crippen LogP contribution in [-0.4, -0.2) is 50.9 Å². The van der Waals surface area contributed by atoms with Crippen molar-refractivity contribution in [3.05, 3.63) is 47.7 Å². The molecule has 0 bridgehead atoms. The Labute approximate surface area is 159 Å². The SMILES string of the molecule is COc1cc(C)ccc1OCC(=O)NCc1ccc(N2CCOCC2)nc1. The summed E-state index contributed by atoms with van der Waals surface area (Å²) in [5, 5.41) is 2.84. The number of anilines is 1. The molecule has 2 heterocycles. The second-order valence-electron chi connectivity index (χ2n) is 6.34. The van der Waals surface area contributed by atoms with Crippen LogP contribution in [0.5, 0.6) is 11.5 Å². The largest absolute Gasteiger partial charge is 0.493 e. The molecule has 27 heavy (non-hydrogen) atoms. The Balaban J connectivity index is 1.46. The maximum atomic E-state index is 12.1. The Morgan fingerprint density at radius 1 is 1.22 bits per heavy atom. The molecule has 1 aromatic carbocycles. The van der Waals surface area contributed by atoms with E-state index in [9.17, 15) is 4.79 Å². The average Bonchev–Trinajstić information content (AvgIpc) is 2.72. The molecule has 3 rings (SSSR count). The molecular weight excluding hydrogens is 346 g/mol. The fourth-order valence-corrected chi connectivity index (χ4v) is 2.79. The van der Waals surface area contributed by atoms with E-state index in [0.29, 0.717) is 18.0 Å². The van der Waals surface area contributed by atoms with Crippen LogP contribution in [0, 0.1) is 6.92 Å². The zero-order valence-electron chi connectivity index (χ0n) is 15.7. The van der Waals surface area contributed by atoms with Crippen LogP contribution in [0.3, 0.4) is 0 Å². The van der Waals surface area contributed by atoms with E-state index in [-0.39, 0.29) is 12.5 Å². The number of rotatable bonds is 7. The minimum atomic E-state index is -0.199. The zero-order valence-corrected chi connectivity index (χ0v) is 15.7. The number of aromatic nitrogens is 1. The van der Waals surface area contributed by atoms with Gasteiger partial charge in [0.25, 0.3) is 5.91 Å². The first-order valence-corrected chi connectivity index (χ1v) is 8.97. The maximum Gasteiger partial charge on any atom is 0.258 e. The van der Waals surface area contributed by atoms with Gasteiger partial charge in [-0.3, -0.25) is 4.79 Å². The molecule has 7 heteroatoms. The number of hydrogen-bond acceptors (Lipinski definition) is 6. The van der Waals surface area contributed by atoms with Gasteiger partial charge in [-0.05, 0) is 36.2 Å². The van der Waals surface area contributed by atoms with Crippen molar-refractivity contribution in [3.63, 3.8) is 0 Å². The van der Waals surface area contributed by atoms with E-state index < -0.39 is 0 Å². The number of ether oxygens (including phenoxy) is 3. The number of pyridine rings is 1. The van der Waals surface area contributed by atoms with Crippen molar-refractivity contribution in [3.8, 4) is 11.5 Å². The molecule has 0 spiro atoms. The molecule has 0 saturated carbocycles. The summed E-state index contributed by atoms with van der Waals surface area (Å²) >= 11 is 0. The lowest BCUT2D eigenvalue weighted by Crippen LogP contribution is -2.36. The maximum absolute atomic E-state index is 12.1. The number of methoxy groups -OCH3 is 1. The predicted molar refractivity (Wildman–Crippen MR) is 102 cm³/mol. The van der Waals surface area contributed by atoms with Crippen molar-refractivity contribution in [2.45, 2.75) is 13.5 Å². The third-order valence-electron chi connectivity index (χ3n) is 4.31. The highest BCUT2D eigenvalue weighted by Crippen LogP contribution is 2.27. The fraction of sp³-hybridized carbons (Fsp3) is 0.400. The number of benzene rings is 1. The van der Waals surface area contributed by atoms with Crippen molar-refractivity contribution >= 4 is 11.7 Å². The van der Waals surface area contributed by atoms with Crippen LogP contribution in [0.15, 0.2) is 36.5 Å². The molecule has 1 saturated heterocycles. The van der Waals surface area contributed by atoms with Gasteiger partial charge in [0.05, 0.1) is 20.3 Å². The van der Waals surface area contributed by atoms with Crippen LogP contribution in [0.1, 0.15) is 11.1 Å². The van der Waals surface area contributed by atoms with E-state index in [1.165, 1.54) is 0 Å². The summed E-state index contributed by atoms with van der Waals surface area (Å²) < 4.78 is 16.2. The van der Waals surface area contributed by atoms with Crippen LogP contribution in [0.25, 0.3) is 0 Å². The lowest BCUT2D eigenvalue weighted by Gasteiger charge is -2.27. The predicted octanol–water partition coefficient (Wildman–Crippen LogP) is 1.93. The van der Waals surface area contributed by atoms with Crippen molar-refractivity contribution in [1.82, 2.24) is 10.3 Å². The minimum absolute atomic E-state index is 0.0707. The number of hydrogen-bond donors (Lipinski definition) is 1. The molecule has 1 aliphatic rings. The smallest absolute Gasteiger partial charge is 0.258 e. The normalized spacial score (nSPS) is 13.9. The molecular formula is C20H25N3O4. The van der Waals surface area contributed by atoms with Gasteiger partial charge in [-0.2, -0.15) is 0 Å². The van der Waals surface area contributed by atoms with Crippen LogP contribution in [0.4, 0.5) is 5.82 Å². The van der Waals surface area contributed by atoms with Crippen LogP contribution < -0.4 is 19.7 Å². The third-order valence-corrected chi connectivity index (χ3v) is 4.31. The molecule has 2 aromatic rings. The van der Waals surface area contributed by atoms with E-state index in [0.717, 1.165) is 43.2 Å². The topological polar surface area (TPSA) is 72.9 Å². The van der Waals surface area contributed by atoms with Gasteiger partial charge in [-0.25, -0.2) is 4.98 Å². The summed E-state index contributed by atoms with van der Waals surface area (Å²) in [6.45, 7) is 5.46. The Kier molecular flexibility index (Phi) is 6.49. The minimum Gasteiger partial charge on any atom is -0.493 e. The summed E-state index contributed by atoms with van der Waals surface area (Å²) in [6, 6.07) is 9.53. The summed E-state index contributed by atoms with van der Waals surface area (Å²) in [5.74, 6) is 1.90. The van der Waals surface area contributed by atoms with Gasteiger partial charge in [-0.15, -0.1) is 0 Å². The van der Waals surface area contributed by atoms with Gasteiger partial charge in [0, 0.05) is 25.8 Å². The highest BCUT2D eigenvalue weighted by atomic mass is 16.5. The lowest BCUT2D eigenvalue weighted by molar-refractivity contribution is -0.123. The Morgan fingerprint density at radius 2 is 2.04 bits per heavy atom. The highest BCUT2D eigenvalue weighted by Gasteiger charge is 2.12. The second-order valence-corrected chi connectivity index (χ2v) is 6.34. The number of carbonyl (C=O) groups excluding carboxylic acids is 1. The molecule has 1 amide bonds. The molecule has 0 unspecified atom stereocenters. The van der Waals surface area contributed by atoms with Gasteiger partial charge < -0.3 is 24.4 Å². The van der Waals surface area contributed by atoms with Crippen LogP contribution >= 0.6 is 0 Å². The first-order valence-electron chi connectivity index (χ1n) is 8.97. The van der Waals surface area contributed by atoms with Crippen molar-refractivity contribution in [2.75, 3.05) is 44.9 Å². The van der Waals surface area contributed by atoms with Crippen molar-refractivity contribution in [1.29, 1.82) is 0 Å². The standard InChI is InChI=1S/C20H25N3O4/c1-15-3-5-17(18(11-15)25-2)27-14-20(24)22-13-16-4-6-19(21-12-16)23-7-9-26-10-8-23/h3-6,11-12H,7-10,13-14H2,1-2H3,(H,22,24). The quantitative estimate of drug-likeness (QED) is 0.802.